The number of aliphatic hydroxyl groups is 1. The molecule has 0 aliphatic carbocycles. The van der Waals surface area contributed by atoms with Crippen molar-refractivity contribution in [3.8, 4) is 0 Å². The molecule has 0 fully saturated rings. The zero-order valence-electron chi connectivity index (χ0n) is 10.5. The monoisotopic (exact) mass is 336 g/mol. The van der Waals surface area contributed by atoms with Gasteiger partial charge in [-0.2, -0.15) is 0 Å². The normalized spacial score (nSPS) is 10.3. The smallest absolute Gasteiger partial charge is 0.274 e. The summed E-state index contributed by atoms with van der Waals surface area (Å²) < 4.78 is 0.801. The fraction of sp³-hybridized carbons (Fsp3) is 0.143. The summed E-state index contributed by atoms with van der Waals surface area (Å²) in [5.41, 5.74) is 2.36. The van der Waals surface area contributed by atoms with Crippen LogP contribution in [0.3, 0.4) is 0 Å². The van der Waals surface area contributed by atoms with E-state index in [0.717, 1.165) is 15.7 Å². The Labute approximate surface area is 124 Å². The first-order valence-electron chi connectivity index (χ1n) is 5.96. The van der Waals surface area contributed by atoms with Gasteiger partial charge in [0, 0.05) is 28.3 Å². The van der Waals surface area contributed by atoms with Crippen LogP contribution in [-0.2, 0) is 13.2 Å². The van der Waals surface area contributed by atoms with Gasteiger partial charge in [0.15, 0.2) is 0 Å². The van der Waals surface area contributed by atoms with Gasteiger partial charge in [-0.15, -0.1) is 0 Å². The Bertz CT molecular complexity index is 614. The van der Waals surface area contributed by atoms with E-state index in [0.29, 0.717) is 12.1 Å². The van der Waals surface area contributed by atoms with Crippen molar-refractivity contribution in [3.05, 3.63) is 68.2 Å². The molecule has 0 unspecified atom stereocenters. The number of rotatable bonds is 5. The van der Waals surface area contributed by atoms with Crippen molar-refractivity contribution in [1.29, 1.82) is 0 Å². The van der Waals surface area contributed by atoms with Crippen LogP contribution >= 0.6 is 15.9 Å². The van der Waals surface area contributed by atoms with Crippen molar-refractivity contribution >= 4 is 27.3 Å². The number of hydrogen-bond donors (Lipinski definition) is 2. The molecule has 20 heavy (non-hydrogen) atoms. The summed E-state index contributed by atoms with van der Waals surface area (Å²) in [7, 11) is 0. The average Bonchev–Trinajstić information content (AvgIpc) is 2.45. The summed E-state index contributed by atoms with van der Waals surface area (Å²) in [6.45, 7) is 0.353. The Kier molecular flexibility index (Phi) is 4.70. The summed E-state index contributed by atoms with van der Waals surface area (Å²) in [4.78, 5) is 10.6. The molecule has 0 aromatic heterocycles. The number of halogens is 1. The lowest BCUT2D eigenvalue weighted by atomic mass is 10.1. The predicted molar refractivity (Wildman–Crippen MR) is 80.5 cm³/mol. The van der Waals surface area contributed by atoms with Crippen molar-refractivity contribution in [1.82, 2.24) is 0 Å². The van der Waals surface area contributed by atoms with Crippen LogP contribution < -0.4 is 5.32 Å². The molecule has 0 bridgehead atoms. The molecule has 0 amide bonds. The molecule has 2 aromatic carbocycles. The van der Waals surface area contributed by atoms with Gasteiger partial charge in [-0.25, -0.2) is 0 Å². The maximum Gasteiger partial charge on any atom is 0.274 e. The minimum atomic E-state index is -0.391. The van der Waals surface area contributed by atoms with Crippen LogP contribution in [0.2, 0.25) is 0 Å². The Morgan fingerprint density at radius 1 is 1.20 bits per heavy atom. The van der Waals surface area contributed by atoms with E-state index in [-0.39, 0.29) is 12.3 Å². The highest BCUT2D eigenvalue weighted by atomic mass is 79.9. The topological polar surface area (TPSA) is 75.4 Å². The zero-order valence-corrected chi connectivity index (χ0v) is 12.1. The van der Waals surface area contributed by atoms with Crippen LogP contribution in [-0.4, -0.2) is 10.0 Å². The second-order valence-electron chi connectivity index (χ2n) is 4.24. The summed E-state index contributed by atoms with van der Waals surface area (Å²) >= 11 is 3.31. The van der Waals surface area contributed by atoms with Crippen LogP contribution in [0.5, 0.6) is 0 Å². The van der Waals surface area contributed by atoms with Crippen molar-refractivity contribution in [3.63, 3.8) is 0 Å². The van der Waals surface area contributed by atoms with Crippen LogP contribution in [0.4, 0.5) is 11.4 Å². The Balaban J connectivity index is 2.13. The maximum atomic E-state index is 11.0. The fourth-order valence-electron chi connectivity index (χ4n) is 1.80. The summed E-state index contributed by atoms with van der Waals surface area (Å²) in [5.74, 6) is 0. The van der Waals surface area contributed by atoms with E-state index >= 15 is 0 Å². The molecule has 0 atom stereocenters. The van der Waals surface area contributed by atoms with Crippen LogP contribution in [0.25, 0.3) is 0 Å². The highest BCUT2D eigenvalue weighted by Gasteiger charge is 2.13. The lowest BCUT2D eigenvalue weighted by molar-refractivity contribution is -0.385. The number of nitro groups is 1. The van der Waals surface area contributed by atoms with E-state index in [2.05, 4.69) is 21.2 Å². The van der Waals surface area contributed by atoms with Gasteiger partial charge >= 0.3 is 0 Å². The molecular formula is C14H13BrN2O3. The third kappa shape index (κ3) is 3.55. The first-order chi connectivity index (χ1) is 9.60. The fourth-order valence-corrected chi connectivity index (χ4v) is 2.21. The Hall–Kier alpha value is -1.92. The molecule has 0 saturated carbocycles. The van der Waals surface area contributed by atoms with Gasteiger partial charge in [0.1, 0.15) is 0 Å². The summed E-state index contributed by atoms with van der Waals surface area (Å²) in [6, 6.07) is 12.1. The van der Waals surface area contributed by atoms with Crippen molar-refractivity contribution in [2.75, 3.05) is 5.32 Å². The Morgan fingerprint density at radius 3 is 2.50 bits per heavy atom. The molecule has 104 valence electrons. The summed E-state index contributed by atoms with van der Waals surface area (Å²) in [6.07, 6.45) is 0. The third-order valence-electron chi connectivity index (χ3n) is 2.86. The molecule has 0 aliphatic rings. The number of aliphatic hydroxyl groups excluding tert-OH is 1. The molecule has 0 heterocycles. The van der Waals surface area contributed by atoms with Gasteiger partial charge in [-0.3, -0.25) is 10.1 Å². The van der Waals surface area contributed by atoms with E-state index in [4.69, 9.17) is 5.11 Å². The molecule has 2 N–H and O–H groups in total. The number of nitrogens with zero attached hydrogens (tertiary/aromatic N) is 1. The summed E-state index contributed by atoms with van der Waals surface area (Å²) in [5, 5.41) is 23.1. The SMILES string of the molecule is O=[N+]([O-])c1ccc(Br)cc1CNc1ccc(CO)cc1. The molecule has 5 nitrogen and oxygen atoms in total. The molecule has 0 spiro atoms. The van der Waals surface area contributed by atoms with E-state index in [9.17, 15) is 10.1 Å². The number of hydrogen-bond acceptors (Lipinski definition) is 4. The van der Waals surface area contributed by atoms with E-state index in [1.54, 1.807) is 24.3 Å². The minimum Gasteiger partial charge on any atom is -0.392 e. The molecule has 2 rings (SSSR count). The van der Waals surface area contributed by atoms with E-state index in [1.165, 1.54) is 6.07 Å². The standard InChI is InChI=1S/C14H13BrN2O3/c15-12-3-6-14(17(19)20)11(7-12)8-16-13-4-1-10(9-18)2-5-13/h1-7,16,18H,8-9H2. The van der Waals surface area contributed by atoms with Crippen molar-refractivity contribution in [2.24, 2.45) is 0 Å². The van der Waals surface area contributed by atoms with Gasteiger partial charge in [-0.05, 0) is 29.8 Å². The highest BCUT2D eigenvalue weighted by Crippen LogP contribution is 2.24. The Morgan fingerprint density at radius 2 is 1.90 bits per heavy atom. The second kappa shape index (κ2) is 6.49. The van der Waals surface area contributed by atoms with Crippen LogP contribution in [0.1, 0.15) is 11.1 Å². The number of benzene rings is 2. The third-order valence-corrected chi connectivity index (χ3v) is 3.35. The quantitative estimate of drug-likeness (QED) is 0.647. The van der Waals surface area contributed by atoms with Crippen molar-refractivity contribution < 1.29 is 10.0 Å². The molecule has 0 radical (unpaired) electrons. The van der Waals surface area contributed by atoms with Crippen LogP contribution in [0, 0.1) is 10.1 Å². The maximum absolute atomic E-state index is 11.0. The predicted octanol–water partition coefficient (Wildman–Crippen LogP) is 3.46. The molecule has 6 heteroatoms. The van der Waals surface area contributed by atoms with Crippen LogP contribution in [0.15, 0.2) is 46.9 Å². The second-order valence-corrected chi connectivity index (χ2v) is 5.15. The minimum absolute atomic E-state index is 0.00260. The number of nitrogens with one attached hydrogen (secondary N) is 1. The highest BCUT2D eigenvalue weighted by molar-refractivity contribution is 9.10. The van der Waals surface area contributed by atoms with Gasteiger partial charge in [0.05, 0.1) is 11.5 Å². The first-order valence-corrected chi connectivity index (χ1v) is 6.76. The molecular weight excluding hydrogens is 324 g/mol. The van der Waals surface area contributed by atoms with Gasteiger partial charge < -0.3 is 10.4 Å². The lowest BCUT2D eigenvalue weighted by Crippen LogP contribution is -2.03. The largest absolute Gasteiger partial charge is 0.392 e. The van der Waals surface area contributed by atoms with Gasteiger partial charge in [0.25, 0.3) is 5.69 Å². The molecule has 0 aliphatic heterocycles. The number of anilines is 1. The number of nitro benzene ring substituents is 1. The lowest BCUT2D eigenvalue weighted by Gasteiger charge is -2.08. The zero-order chi connectivity index (χ0) is 14.5. The van der Waals surface area contributed by atoms with Gasteiger partial charge in [0.2, 0.25) is 0 Å². The molecule has 2 aromatic rings. The first kappa shape index (κ1) is 14.5. The average molecular weight is 337 g/mol. The van der Waals surface area contributed by atoms with E-state index < -0.39 is 4.92 Å². The van der Waals surface area contributed by atoms with Crippen molar-refractivity contribution in [2.45, 2.75) is 13.2 Å². The molecule has 0 saturated heterocycles. The van der Waals surface area contributed by atoms with E-state index in [1.807, 2.05) is 12.1 Å². The van der Waals surface area contributed by atoms with Gasteiger partial charge in [-0.1, -0.05) is 28.1 Å².